The summed E-state index contributed by atoms with van der Waals surface area (Å²) in [5.41, 5.74) is -1.24. The number of rotatable bonds is 4. The Kier molecular flexibility index (Phi) is 3.49. The number of halogens is 1. The Hall–Kier alpha value is -0.620. The van der Waals surface area contributed by atoms with Crippen LogP contribution in [-0.2, 0) is 19.1 Å². The summed E-state index contributed by atoms with van der Waals surface area (Å²) in [6.07, 6.45) is 0. The summed E-state index contributed by atoms with van der Waals surface area (Å²) in [7, 11) is 0. The molecule has 1 heterocycles. The number of esters is 2. The molecule has 0 aliphatic carbocycles. The Morgan fingerprint density at radius 2 is 1.64 bits per heavy atom. The van der Waals surface area contributed by atoms with Crippen LogP contribution >= 0.6 is 16.1 Å². The van der Waals surface area contributed by atoms with Crippen LogP contribution in [0.25, 0.3) is 0 Å². The van der Waals surface area contributed by atoms with Crippen molar-refractivity contribution in [1.82, 2.24) is 3.93 Å². The second-order valence-corrected chi connectivity index (χ2v) is 3.68. The monoisotopic (exact) mass is 265 g/mol. The molecule has 5 nitrogen and oxygen atoms in total. The molecule has 1 atom stereocenters. The fourth-order valence-electron chi connectivity index (χ4n) is 1.08. The summed E-state index contributed by atoms with van der Waals surface area (Å²) >= 11 is 3.08. The van der Waals surface area contributed by atoms with Crippen LogP contribution in [0.5, 0.6) is 0 Å². The summed E-state index contributed by atoms with van der Waals surface area (Å²) in [5.74, 6) is -1.12. The highest BCUT2D eigenvalue weighted by atomic mass is 79.9. The van der Waals surface area contributed by atoms with Gasteiger partial charge in [0.25, 0.3) is 0 Å². The van der Waals surface area contributed by atoms with Gasteiger partial charge in [0, 0.05) is 16.1 Å². The molecule has 0 amide bonds. The lowest BCUT2D eigenvalue weighted by Gasteiger charge is -2.11. The highest BCUT2D eigenvalue weighted by Crippen LogP contribution is 2.38. The maximum atomic E-state index is 11.5. The van der Waals surface area contributed by atoms with Crippen LogP contribution in [-0.4, -0.2) is 41.2 Å². The van der Waals surface area contributed by atoms with Crippen molar-refractivity contribution in [3.05, 3.63) is 0 Å². The number of hydrogen-bond acceptors (Lipinski definition) is 5. The van der Waals surface area contributed by atoms with Crippen LogP contribution in [0.3, 0.4) is 0 Å². The fourth-order valence-corrected chi connectivity index (χ4v) is 1.73. The minimum absolute atomic E-state index is 0.251. The molecule has 1 aliphatic heterocycles. The van der Waals surface area contributed by atoms with Gasteiger partial charge in [-0.05, 0) is 13.8 Å². The van der Waals surface area contributed by atoms with Crippen LogP contribution in [0.4, 0.5) is 0 Å². The van der Waals surface area contributed by atoms with Gasteiger partial charge < -0.3 is 9.47 Å². The molecule has 1 rings (SSSR count). The van der Waals surface area contributed by atoms with Gasteiger partial charge in [-0.25, -0.2) is 13.5 Å². The molecular formula is C8H12BrNO4. The van der Waals surface area contributed by atoms with Gasteiger partial charge in [0.1, 0.15) is 0 Å². The van der Waals surface area contributed by atoms with Crippen molar-refractivity contribution in [1.29, 1.82) is 0 Å². The van der Waals surface area contributed by atoms with Gasteiger partial charge >= 0.3 is 11.9 Å². The molecular weight excluding hydrogens is 254 g/mol. The van der Waals surface area contributed by atoms with E-state index in [1.54, 1.807) is 13.8 Å². The van der Waals surface area contributed by atoms with Gasteiger partial charge in [-0.2, -0.15) is 0 Å². The molecule has 0 spiro atoms. The molecule has 0 radical (unpaired) electrons. The van der Waals surface area contributed by atoms with E-state index in [1.807, 2.05) is 0 Å². The smallest absolute Gasteiger partial charge is 0.340 e. The Balaban J connectivity index is 2.68. The van der Waals surface area contributed by atoms with E-state index in [0.717, 1.165) is 0 Å². The van der Waals surface area contributed by atoms with Crippen molar-refractivity contribution in [2.24, 2.45) is 0 Å². The number of carbonyl (C=O) groups excluding carboxylic acids is 2. The van der Waals surface area contributed by atoms with Crippen LogP contribution < -0.4 is 0 Å². The van der Waals surface area contributed by atoms with Gasteiger partial charge in [-0.15, -0.1) is 0 Å². The predicted molar refractivity (Wildman–Crippen MR) is 51.6 cm³/mol. The average molecular weight is 266 g/mol. The molecule has 80 valence electrons. The summed E-state index contributed by atoms with van der Waals surface area (Å²) in [6, 6.07) is 0. The Morgan fingerprint density at radius 1 is 1.29 bits per heavy atom. The number of hydrogen-bond donors (Lipinski definition) is 0. The van der Waals surface area contributed by atoms with Gasteiger partial charge in [0.15, 0.2) is 0 Å². The second-order valence-electron chi connectivity index (χ2n) is 2.82. The average Bonchev–Trinajstić information content (AvgIpc) is 2.80. The maximum absolute atomic E-state index is 11.5. The Bertz CT molecular complexity index is 238. The van der Waals surface area contributed by atoms with Crippen molar-refractivity contribution in [2.75, 3.05) is 19.8 Å². The van der Waals surface area contributed by atoms with E-state index in [4.69, 9.17) is 9.47 Å². The molecule has 0 N–H and O–H groups in total. The summed E-state index contributed by atoms with van der Waals surface area (Å²) in [6.45, 7) is 4.18. The van der Waals surface area contributed by atoms with Crippen molar-refractivity contribution in [3.8, 4) is 0 Å². The lowest BCUT2D eigenvalue weighted by molar-refractivity contribution is -0.159. The van der Waals surface area contributed by atoms with Crippen LogP contribution in [0.1, 0.15) is 13.8 Å². The zero-order chi connectivity index (χ0) is 10.8. The minimum Gasteiger partial charge on any atom is -0.464 e. The first-order chi connectivity index (χ1) is 6.59. The molecule has 1 aliphatic rings. The molecule has 0 saturated carbocycles. The Morgan fingerprint density at radius 3 is 1.86 bits per heavy atom. The van der Waals surface area contributed by atoms with E-state index in [2.05, 4.69) is 16.1 Å². The van der Waals surface area contributed by atoms with Crippen LogP contribution in [0.15, 0.2) is 0 Å². The Labute approximate surface area is 90.7 Å². The van der Waals surface area contributed by atoms with Crippen molar-refractivity contribution in [2.45, 2.75) is 19.4 Å². The van der Waals surface area contributed by atoms with Gasteiger partial charge in [0.2, 0.25) is 5.54 Å². The normalized spacial score (nSPS) is 22.6. The van der Waals surface area contributed by atoms with E-state index in [0.29, 0.717) is 6.54 Å². The number of carbonyl (C=O) groups is 2. The molecule has 0 aromatic rings. The lowest BCUT2D eigenvalue weighted by atomic mass is 10.1. The lowest BCUT2D eigenvalue weighted by Crippen LogP contribution is -2.39. The quantitative estimate of drug-likeness (QED) is 0.320. The van der Waals surface area contributed by atoms with Crippen molar-refractivity contribution < 1.29 is 19.1 Å². The van der Waals surface area contributed by atoms with Crippen molar-refractivity contribution in [3.63, 3.8) is 0 Å². The first-order valence-electron chi connectivity index (χ1n) is 4.37. The van der Waals surface area contributed by atoms with E-state index in [-0.39, 0.29) is 13.2 Å². The summed E-state index contributed by atoms with van der Waals surface area (Å²) in [5, 5.41) is 0. The third-order valence-electron chi connectivity index (χ3n) is 1.90. The fraction of sp³-hybridized carbons (Fsp3) is 0.750. The van der Waals surface area contributed by atoms with E-state index < -0.39 is 17.5 Å². The zero-order valence-electron chi connectivity index (χ0n) is 8.08. The summed E-state index contributed by atoms with van der Waals surface area (Å²) in [4.78, 5) is 22.9. The maximum Gasteiger partial charge on any atom is 0.340 e. The molecule has 0 aromatic heterocycles. The van der Waals surface area contributed by atoms with E-state index in [9.17, 15) is 9.59 Å². The van der Waals surface area contributed by atoms with Crippen LogP contribution in [0.2, 0.25) is 0 Å². The summed E-state index contributed by atoms with van der Waals surface area (Å²) < 4.78 is 11.0. The topological polar surface area (TPSA) is 55.6 Å². The number of ether oxygens (including phenoxy) is 2. The van der Waals surface area contributed by atoms with Gasteiger partial charge in [-0.3, -0.25) is 0 Å². The molecule has 0 bridgehead atoms. The van der Waals surface area contributed by atoms with E-state index in [1.165, 1.54) is 3.93 Å². The van der Waals surface area contributed by atoms with E-state index >= 15 is 0 Å². The predicted octanol–water partition coefficient (Wildman–Crippen LogP) is 0.477. The molecule has 1 unspecified atom stereocenters. The standard InChI is InChI=1S/C8H12BrNO4/c1-3-13-6(11)8(5-10(8)9)7(12)14-4-2/h3-5H2,1-2H3. The third-order valence-corrected chi connectivity index (χ3v) is 2.76. The van der Waals surface area contributed by atoms with Crippen molar-refractivity contribution >= 4 is 28.1 Å². The minimum atomic E-state index is -1.24. The van der Waals surface area contributed by atoms with Crippen LogP contribution in [0, 0.1) is 0 Å². The van der Waals surface area contributed by atoms with Gasteiger partial charge in [0.05, 0.1) is 19.8 Å². The zero-order valence-corrected chi connectivity index (χ0v) is 9.67. The highest BCUT2D eigenvalue weighted by Gasteiger charge is 2.66. The highest BCUT2D eigenvalue weighted by molar-refractivity contribution is 9.07. The number of nitrogens with zero attached hydrogens (tertiary/aromatic N) is 1. The molecule has 1 saturated heterocycles. The molecule has 1 fully saturated rings. The third kappa shape index (κ3) is 1.76. The molecule has 6 heteroatoms. The first-order valence-corrected chi connectivity index (χ1v) is 5.08. The van der Waals surface area contributed by atoms with Gasteiger partial charge in [-0.1, -0.05) is 0 Å². The molecule has 0 aromatic carbocycles. The molecule has 14 heavy (non-hydrogen) atoms. The SMILES string of the molecule is CCOC(=O)C1(C(=O)OCC)CN1Br. The first kappa shape index (κ1) is 11.5. The second kappa shape index (κ2) is 4.27. The largest absolute Gasteiger partial charge is 0.464 e.